The monoisotopic (exact) mass is 485 g/mol. The first-order valence-corrected chi connectivity index (χ1v) is 14.0. The van der Waals surface area contributed by atoms with Crippen molar-refractivity contribution in [1.82, 2.24) is 0 Å². The largest absolute Gasteiger partial charge is 0.546 e. The molecular weight excluding hydrogens is 450 g/mol. The molecule has 1 fully saturated rings. The summed E-state index contributed by atoms with van der Waals surface area (Å²) in [5.74, 6) is 2.77. The van der Waals surface area contributed by atoms with Crippen LogP contribution in [0.2, 0.25) is 13.1 Å². The molecule has 1 aliphatic heterocycles. The molecule has 1 saturated heterocycles. The minimum Gasteiger partial charge on any atom is -0.546 e. The van der Waals surface area contributed by atoms with Gasteiger partial charge in [0.25, 0.3) is 5.91 Å². The number of hydrogen-bond acceptors (Lipinski definition) is 6. The number of rotatable bonds is 8. The lowest BCUT2D eigenvalue weighted by Gasteiger charge is -2.44. The number of hydrogen-bond donors (Lipinski definition) is 0. The Morgan fingerprint density at radius 1 is 0.882 bits per heavy atom. The topological polar surface area (TPSA) is 66.5 Å². The molecule has 1 amide bonds. The van der Waals surface area contributed by atoms with Crippen molar-refractivity contribution in [3.8, 4) is 28.7 Å². The average molecular weight is 486 g/mol. The van der Waals surface area contributed by atoms with Crippen molar-refractivity contribution < 1.29 is 28.2 Å². The number of β-lactam (4-membered cyclic amide) rings is 1. The highest BCUT2D eigenvalue weighted by Gasteiger charge is 2.45. The van der Waals surface area contributed by atoms with E-state index in [2.05, 4.69) is 40.4 Å². The summed E-state index contributed by atoms with van der Waals surface area (Å²) in [6.45, 7) is 14.7. The van der Waals surface area contributed by atoms with E-state index < -0.39 is 15.1 Å². The van der Waals surface area contributed by atoms with Gasteiger partial charge in [0.05, 0.1) is 40.2 Å². The molecule has 34 heavy (non-hydrogen) atoms. The van der Waals surface area contributed by atoms with E-state index in [1.165, 1.54) is 0 Å². The zero-order valence-corrected chi connectivity index (χ0v) is 22.7. The molecule has 1 atom stereocenters. The smallest absolute Gasteiger partial charge is 0.256 e. The number of carbonyl (C=O) groups is 1. The van der Waals surface area contributed by atoms with E-state index in [1.807, 2.05) is 12.1 Å². The lowest BCUT2D eigenvalue weighted by atomic mass is 9.80. The van der Waals surface area contributed by atoms with E-state index in [9.17, 15) is 4.79 Å². The summed E-state index contributed by atoms with van der Waals surface area (Å²) in [6, 6.07) is 7.04. The maximum absolute atomic E-state index is 13.1. The first-order chi connectivity index (χ1) is 16.0. The van der Waals surface area contributed by atoms with Crippen molar-refractivity contribution >= 4 is 20.6 Å². The molecule has 0 aliphatic carbocycles. The van der Waals surface area contributed by atoms with E-state index in [1.54, 1.807) is 45.5 Å². The summed E-state index contributed by atoms with van der Waals surface area (Å²) in [5, 5.41) is 0. The Balaban J connectivity index is 2.24. The van der Waals surface area contributed by atoms with Crippen LogP contribution in [0.25, 0.3) is 0 Å². The van der Waals surface area contributed by atoms with Gasteiger partial charge in [-0.1, -0.05) is 27.4 Å². The van der Waals surface area contributed by atoms with Crippen LogP contribution >= 0.6 is 0 Å². The number of benzene rings is 2. The standard InChI is InChI=1S/C26H35NO6Si/c1-15-22(17-11-12-18(29-5)21(26(2,3)4)23(17)33-34(9)10)27(25(15)28)16-13-19(30-6)24(32-8)20(14-16)31-7/h11-14,22,34H,1H2,2-10H3/t22-/m0/s1. The highest BCUT2D eigenvalue weighted by atomic mass is 28.3. The number of nitrogens with zero attached hydrogens (tertiary/aromatic N) is 1. The molecular formula is C26H35NO6Si. The van der Waals surface area contributed by atoms with Crippen LogP contribution in [0.5, 0.6) is 28.7 Å². The van der Waals surface area contributed by atoms with Gasteiger partial charge in [-0.15, -0.1) is 0 Å². The Labute approximate surface area is 203 Å². The Kier molecular flexibility index (Phi) is 7.21. The van der Waals surface area contributed by atoms with Gasteiger partial charge in [-0.3, -0.25) is 9.69 Å². The first-order valence-electron chi connectivity index (χ1n) is 11.2. The van der Waals surface area contributed by atoms with Gasteiger partial charge in [0.2, 0.25) is 14.8 Å². The summed E-state index contributed by atoms with van der Waals surface area (Å²) in [4.78, 5) is 14.8. The lowest BCUT2D eigenvalue weighted by Crippen LogP contribution is -2.49. The number of carbonyl (C=O) groups excluding carboxylic acids is 1. The summed E-state index contributed by atoms with van der Waals surface area (Å²) in [6.07, 6.45) is 0. The van der Waals surface area contributed by atoms with Gasteiger partial charge in [0.1, 0.15) is 11.5 Å². The molecule has 1 aliphatic rings. The minimum absolute atomic E-state index is 0.167. The highest BCUT2D eigenvalue weighted by Crippen LogP contribution is 2.52. The van der Waals surface area contributed by atoms with E-state index in [-0.39, 0.29) is 11.3 Å². The van der Waals surface area contributed by atoms with Crippen LogP contribution in [0.15, 0.2) is 36.4 Å². The quantitative estimate of drug-likeness (QED) is 0.297. The van der Waals surface area contributed by atoms with Crippen LogP contribution in [0.3, 0.4) is 0 Å². The second kappa shape index (κ2) is 9.62. The van der Waals surface area contributed by atoms with E-state index in [4.69, 9.17) is 23.4 Å². The summed E-state index contributed by atoms with van der Waals surface area (Å²) in [7, 11) is 4.81. The predicted octanol–water partition coefficient (Wildman–Crippen LogP) is 5.02. The number of ether oxygens (including phenoxy) is 4. The third kappa shape index (κ3) is 4.34. The van der Waals surface area contributed by atoms with Crippen LogP contribution in [0.4, 0.5) is 5.69 Å². The number of methoxy groups -OCH3 is 4. The summed E-state index contributed by atoms with van der Waals surface area (Å²) >= 11 is 0. The highest BCUT2D eigenvalue weighted by molar-refractivity contribution is 6.49. The Bertz CT molecular complexity index is 1080. The maximum atomic E-state index is 13.1. The molecule has 0 spiro atoms. The van der Waals surface area contributed by atoms with Crippen molar-refractivity contribution in [3.63, 3.8) is 0 Å². The molecule has 1 heterocycles. The second-order valence-corrected chi connectivity index (χ2v) is 11.8. The third-order valence-corrected chi connectivity index (χ3v) is 6.48. The predicted molar refractivity (Wildman–Crippen MR) is 137 cm³/mol. The van der Waals surface area contributed by atoms with Gasteiger partial charge in [-0.25, -0.2) is 0 Å². The van der Waals surface area contributed by atoms with Gasteiger partial charge in [-0.2, -0.15) is 0 Å². The molecule has 8 heteroatoms. The van der Waals surface area contributed by atoms with Gasteiger partial charge in [0, 0.05) is 28.8 Å². The third-order valence-electron chi connectivity index (χ3n) is 5.78. The maximum Gasteiger partial charge on any atom is 0.256 e. The molecule has 2 aromatic carbocycles. The molecule has 0 unspecified atom stereocenters. The minimum atomic E-state index is -1.50. The van der Waals surface area contributed by atoms with Crippen LogP contribution in [0.1, 0.15) is 37.9 Å². The van der Waals surface area contributed by atoms with Crippen LogP contribution in [0, 0.1) is 0 Å². The summed E-state index contributed by atoms with van der Waals surface area (Å²) in [5.41, 5.74) is 2.73. The average Bonchev–Trinajstić information content (AvgIpc) is 2.79. The van der Waals surface area contributed by atoms with Crippen molar-refractivity contribution in [2.24, 2.45) is 0 Å². The molecule has 3 rings (SSSR count). The fourth-order valence-electron chi connectivity index (χ4n) is 4.32. The van der Waals surface area contributed by atoms with Crippen molar-refractivity contribution in [2.45, 2.75) is 45.3 Å². The first kappa shape index (κ1) is 25.5. The number of amides is 1. The Hall–Kier alpha value is -3.13. The van der Waals surface area contributed by atoms with Gasteiger partial charge in [-0.05, 0) is 30.6 Å². The van der Waals surface area contributed by atoms with E-state index in [0.29, 0.717) is 28.5 Å². The molecule has 0 saturated carbocycles. The molecule has 0 N–H and O–H groups in total. The Morgan fingerprint density at radius 3 is 1.88 bits per heavy atom. The van der Waals surface area contributed by atoms with Crippen molar-refractivity contribution in [1.29, 1.82) is 0 Å². The van der Waals surface area contributed by atoms with Crippen molar-refractivity contribution in [2.75, 3.05) is 33.3 Å². The van der Waals surface area contributed by atoms with Crippen LogP contribution in [-0.2, 0) is 10.2 Å². The van der Waals surface area contributed by atoms with Gasteiger partial charge in [0.15, 0.2) is 11.5 Å². The molecule has 0 bridgehead atoms. The molecule has 0 radical (unpaired) electrons. The normalized spacial score (nSPS) is 15.8. The number of anilines is 1. The van der Waals surface area contributed by atoms with Crippen molar-refractivity contribution in [3.05, 3.63) is 47.5 Å². The molecule has 2 aromatic rings. The summed E-state index contributed by atoms with van der Waals surface area (Å²) < 4.78 is 28.7. The van der Waals surface area contributed by atoms with Crippen LogP contribution in [-0.4, -0.2) is 43.4 Å². The SMILES string of the molecule is C=C1C(=O)N(c2cc(OC)c(OC)c(OC)c2)[C@@H]1c1ccc(OC)c(C(C)(C)C)c1O[SiH](C)C. The lowest BCUT2D eigenvalue weighted by molar-refractivity contribution is -0.119. The zero-order chi connectivity index (χ0) is 25.4. The fourth-order valence-corrected chi connectivity index (χ4v) is 5.04. The Morgan fingerprint density at radius 2 is 1.44 bits per heavy atom. The van der Waals surface area contributed by atoms with Crippen LogP contribution < -0.4 is 28.3 Å². The molecule has 7 nitrogen and oxygen atoms in total. The van der Waals surface area contributed by atoms with Gasteiger partial charge >= 0.3 is 0 Å². The van der Waals surface area contributed by atoms with Gasteiger partial charge < -0.3 is 23.4 Å². The second-order valence-electron chi connectivity index (χ2n) is 9.46. The van der Waals surface area contributed by atoms with E-state index >= 15 is 0 Å². The zero-order valence-electron chi connectivity index (χ0n) is 21.6. The van der Waals surface area contributed by atoms with E-state index in [0.717, 1.165) is 22.6 Å². The fraction of sp³-hybridized carbons (Fsp3) is 0.423. The molecule has 0 aromatic heterocycles. The molecule has 184 valence electrons.